The number of nitrogens with zero attached hydrogens (tertiary/aromatic N) is 1. The minimum atomic E-state index is -0.314. The van der Waals surface area contributed by atoms with Crippen molar-refractivity contribution in [1.82, 2.24) is 4.57 Å². The molecule has 2 heterocycles. The molecule has 0 aromatic carbocycles. The van der Waals surface area contributed by atoms with Crippen molar-refractivity contribution in [2.75, 3.05) is 6.61 Å². The maximum absolute atomic E-state index is 11.8. The first-order chi connectivity index (χ1) is 8.65. The van der Waals surface area contributed by atoms with E-state index in [0.29, 0.717) is 18.7 Å². The highest BCUT2D eigenvalue weighted by atomic mass is 16.5. The van der Waals surface area contributed by atoms with E-state index in [9.17, 15) is 9.59 Å². The summed E-state index contributed by atoms with van der Waals surface area (Å²) in [5, 5.41) is 0. The van der Waals surface area contributed by atoms with Crippen LogP contribution in [0.2, 0.25) is 0 Å². The second kappa shape index (κ2) is 6.38. The van der Waals surface area contributed by atoms with Crippen molar-refractivity contribution in [2.45, 2.75) is 47.1 Å². The summed E-state index contributed by atoms with van der Waals surface area (Å²) in [5.41, 5.74) is 2.12. The van der Waals surface area contributed by atoms with Crippen LogP contribution in [-0.4, -0.2) is 17.1 Å². The summed E-state index contributed by atoms with van der Waals surface area (Å²) in [6, 6.07) is 1.51. The van der Waals surface area contributed by atoms with E-state index in [1.807, 2.05) is 13.8 Å². The van der Waals surface area contributed by atoms with Crippen molar-refractivity contribution < 1.29 is 9.53 Å². The number of hydrogen-bond acceptors (Lipinski definition) is 3. The Hall–Kier alpha value is -1.58. The molecular weight excluding hydrogens is 230 g/mol. The molecule has 0 spiro atoms. The summed E-state index contributed by atoms with van der Waals surface area (Å²) < 4.78 is 6.70. The van der Waals surface area contributed by atoms with E-state index < -0.39 is 0 Å². The lowest BCUT2D eigenvalue weighted by Crippen LogP contribution is -2.23. The molecule has 1 aliphatic rings. The van der Waals surface area contributed by atoms with E-state index >= 15 is 0 Å². The number of fused-ring (bicyclic) bond motifs is 1. The van der Waals surface area contributed by atoms with Crippen molar-refractivity contribution in [3.8, 4) is 0 Å². The second-order valence-electron chi connectivity index (χ2n) is 3.96. The fourth-order valence-electron chi connectivity index (χ4n) is 2.22. The van der Waals surface area contributed by atoms with Gasteiger partial charge in [0, 0.05) is 18.3 Å². The van der Waals surface area contributed by atoms with E-state index in [-0.39, 0.29) is 11.5 Å². The average molecular weight is 251 g/mol. The molecule has 0 aliphatic carbocycles. The second-order valence-corrected chi connectivity index (χ2v) is 3.96. The minimum Gasteiger partial charge on any atom is -0.462 e. The van der Waals surface area contributed by atoms with Gasteiger partial charge < -0.3 is 9.30 Å². The van der Waals surface area contributed by atoms with E-state index in [1.165, 1.54) is 6.07 Å². The highest BCUT2D eigenvalue weighted by molar-refractivity contribution is 5.92. The van der Waals surface area contributed by atoms with Crippen molar-refractivity contribution in [3.63, 3.8) is 0 Å². The van der Waals surface area contributed by atoms with Gasteiger partial charge in [-0.2, -0.15) is 0 Å². The molecule has 0 atom stereocenters. The van der Waals surface area contributed by atoms with Crippen LogP contribution in [0.25, 0.3) is 0 Å². The molecule has 100 valence electrons. The summed E-state index contributed by atoms with van der Waals surface area (Å²) >= 11 is 0. The Kier molecular flexibility index (Phi) is 5.13. The third-order valence-corrected chi connectivity index (χ3v) is 2.89. The molecule has 0 fully saturated rings. The van der Waals surface area contributed by atoms with Gasteiger partial charge in [0.1, 0.15) is 0 Å². The molecule has 1 aliphatic heterocycles. The lowest BCUT2D eigenvalue weighted by atomic mass is 10.1. The summed E-state index contributed by atoms with van der Waals surface area (Å²) in [4.78, 5) is 23.5. The highest BCUT2D eigenvalue weighted by Crippen LogP contribution is 2.20. The molecule has 0 N–H and O–H groups in total. The number of hydrogen-bond donors (Lipinski definition) is 0. The Labute approximate surface area is 108 Å². The van der Waals surface area contributed by atoms with Crippen LogP contribution in [-0.2, 0) is 17.7 Å². The van der Waals surface area contributed by atoms with Crippen LogP contribution in [0.15, 0.2) is 10.9 Å². The molecule has 1 aromatic rings. The molecular formula is C14H21NO3. The Morgan fingerprint density at radius 3 is 2.72 bits per heavy atom. The van der Waals surface area contributed by atoms with Gasteiger partial charge >= 0.3 is 5.97 Å². The van der Waals surface area contributed by atoms with Crippen LogP contribution in [0.3, 0.4) is 0 Å². The van der Waals surface area contributed by atoms with Crippen LogP contribution in [0.4, 0.5) is 0 Å². The molecule has 0 radical (unpaired) electrons. The standard InChI is InChI=1S/C12H15NO3.C2H6/c1-3-16-12(15)11-8(2)7-10(14)13-6-4-5-9(11)13;1-2/h7H,3-6H2,1-2H3;1-2H3. The van der Waals surface area contributed by atoms with E-state index in [1.54, 1.807) is 18.4 Å². The molecule has 0 saturated heterocycles. The number of esters is 1. The van der Waals surface area contributed by atoms with E-state index in [4.69, 9.17) is 4.74 Å². The third kappa shape index (κ3) is 2.63. The van der Waals surface area contributed by atoms with E-state index in [0.717, 1.165) is 24.1 Å². The van der Waals surface area contributed by atoms with Gasteiger partial charge in [0.2, 0.25) is 0 Å². The maximum atomic E-state index is 11.8. The number of aromatic nitrogens is 1. The predicted molar refractivity (Wildman–Crippen MR) is 71.1 cm³/mol. The van der Waals surface area contributed by atoms with Gasteiger partial charge in [-0.25, -0.2) is 4.79 Å². The number of aryl methyl sites for hydroxylation is 1. The molecule has 18 heavy (non-hydrogen) atoms. The smallest absolute Gasteiger partial charge is 0.340 e. The topological polar surface area (TPSA) is 48.3 Å². The summed E-state index contributed by atoms with van der Waals surface area (Å²) in [5.74, 6) is -0.314. The molecule has 0 saturated carbocycles. The number of carbonyl (C=O) groups is 1. The van der Waals surface area contributed by atoms with Crippen LogP contribution >= 0.6 is 0 Å². The van der Waals surface area contributed by atoms with Gasteiger partial charge in [0.15, 0.2) is 0 Å². The van der Waals surface area contributed by atoms with Crippen LogP contribution in [0, 0.1) is 6.92 Å². The van der Waals surface area contributed by atoms with Crippen molar-refractivity contribution in [1.29, 1.82) is 0 Å². The van der Waals surface area contributed by atoms with Crippen LogP contribution in [0.1, 0.15) is 48.8 Å². The Morgan fingerprint density at radius 2 is 2.11 bits per heavy atom. The lowest BCUT2D eigenvalue weighted by Gasteiger charge is -2.11. The van der Waals surface area contributed by atoms with Crippen molar-refractivity contribution in [2.24, 2.45) is 0 Å². The Balaban J connectivity index is 0.000000771. The zero-order valence-corrected chi connectivity index (χ0v) is 11.6. The van der Waals surface area contributed by atoms with Gasteiger partial charge in [-0.15, -0.1) is 0 Å². The molecule has 4 heteroatoms. The molecule has 0 unspecified atom stereocenters. The zero-order chi connectivity index (χ0) is 13.7. The van der Waals surface area contributed by atoms with Crippen molar-refractivity contribution in [3.05, 3.63) is 33.2 Å². The molecule has 0 amide bonds. The van der Waals surface area contributed by atoms with Crippen LogP contribution < -0.4 is 5.56 Å². The van der Waals surface area contributed by atoms with Gasteiger partial charge in [-0.05, 0) is 32.3 Å². The minimum absolute atomic E-state index is 0.0157. The lowest BCUT2D eigenvalue weighted by molar-refractivity contribution is 0.0523. The van der Waals surface area contributed by atoms with Gasteiger partial charge in [-0.3, -0.25) is 4.79 Å². The Morgan fingerprint density at radius 1 is 1.44 bits per heavy atom. The first-order valence-electron chi connectivity index (χ1n) is 6.55. The SMILES string of the molecule is CC.CCOC(=O)c1c(C)cc(=O)n2c1CCC2. The normalized spacial score (nSPS) is 12.4. The van der Waals surface area contributed by atoms with Gasteiger partial charge in [0.05, 0.1) is 12.2 Å². The predicted octanol–water partition coefficient (Wildman–Crippen LogP) is 2.31. The number of pyridine rings is 1. The zero-order valence-electron chi connectivity index (χ0n) is 11.6. The van der Waals surface area contributed by atoms with E-state index in [2.05, 4.69) is 0 Å². The first-order valence-corrected chi connectivity index (χ1v) is 6.55. The fourth-order valence-corrected chi connectivity index (χ4v) is 2.22. The quantitative estimate of drug-likeness (QED) is 0.758. The highest BCUT2D eigenvalue weighted by Gasteiger charge is 2.23. The monoisotopic (exact) mass is 251 g/mol. The summed E-state index contributed by atoms with van der Waals surface area (Å²) in [7, 11) is 0. The maximum Gasteiger partial charge on any atom is 0.340 e. The third-order valence-electron chi connectivity index (χ3n) is 2.89. The van der Waals surface area contributed by atoms with Crippen LogP contribution in [0.5, 0.6) is 0 Å². The Bertz CT molecular complexity index is 489. The number of carbonyl (C=O) groups excluding carboxylic acids is 1. The molecule has 4 nitrogen and oxygen atoms in total. The summed E-state index contributed by atoms with van der Waals surface area (Å²) in [6.07, 6.45) is 1.70. The van der Waals surface area contributed by atoms with Crippen molar-refractivity contribution >= 4 is 5.97 Å². The molecule has 2 rings (SSSR count). The molecule has 1 aromatic heterocycles. The van der Waals surface area contributed by atoms with Gasteiger partial charge in [-0.1, -0.05) is 13.8 Å². The first kappa shape index (κ1) is 14.5. The molecule has 0 bridgehead atoms. The van der Waals surface area contributed by atoms with Gasteiger partial charge in [0.25, 0.3) is 5.56 Å². The average Bonchev–Trinajstić information content (AvgIpc) is 2.81. The fraction of sp³-hybridized carbons (Fsp3) is 0.571. The number of ether oxygens (including phenoxy) is 1. The largest absolute Gasteiger partial charge is 0.462 e. The number of rotatable bonds is 2. The summed E-state index contributed by atoms with van der Waals surface area (Å²) in [6.45, 7) is 8.63.